The summed E-state index contributed by atoms with van der Waals surface area (Å²) in [5.41, 5.74) is 0.748. The third-order valence-electron chi connectivity index (χ3n) is 2.95. The van der Waals surface area contributed by atoms with Crippen LogP contribution < -0.4 is 0 Å². The molecule has 1 aromatic carbocycles. The number of hydrogen-bond donors (Lipinski definition) is 1. The van der Waals surface area contributed by atoms with E-state index in [0.29, 0.717) is 5.25 Å². The standard InChI is InChI=1S/C13H16O2S/c1-9(14)10-4-2-5-11(8-10)16-13-7-3-6-12(13)15/h2,4-5,8,12-13,15H,3,6-7H2,1H3. The van der Waals surface area contributed by atoms with Gasteiger partial charge in [0, 0.05) is 15.7 Å². The molecule has 1 fully saturated rings. The van der Waals surface area contributed by atoms with E-state index in [1.165, 1.54) is 0 Å². The Kier molecular flexibility index (Phi) is 3.66. The first-order valence-corrected chi connectivity index (χ1v) is 6.50. The molecule has 1 aliphatic carbocycles. The van der Waals surface area contributed by atoms with E-state index in [2.05, 4.69) is 0 Å². The molecule has 1 aliphatic rings. The molecule has 0 aliphatic heterocycles. The molecule has 0 aromatic heterocycles. The average Bonchev–Trinajstić information content (AvgIpc) is 2.65. The van der Waals surface area contributed by atoms with E-state index in [9.17, 15) is 9.90 Å². The number of aliphatic hydroxyl groups is 1. The summed E-state index contributed by atoms with van der Waals surface area (Å²) in [7, 11) is 0. The van der Waals surface area contributed by atoms with Gasteiger partial charge in [-0.1, -0.05) is 12.1 Å². The predicted octanol–water partition coefficient (Wildman–Crippen LogP) is 2.89. The van der Waals surface area contributed by atoms with Crippen LogP contribution in [-0.4, -0.2) is 22.2 Å². The highest BCUT2D eigenvalue weighted by atomic mass is 32.2. The van der Waals surface area contributed by atoms with Crippen molar-refractivity contribution in [2.75, 3.05) is 0 Å². The summed E-state index contributed by atoms with van der Waals surface area (Å²) in [6.45, 7) is 1.58. The van der Waals surface area contributed by atoms with E-state index >= 15 is 0 Å². The van der Waals surface area contributed by atoms with Crippen LogP contribution in [0.4, 0.5) is 0 Å². The zero-order chi connectivity index (χ0) is 11.5. The second-order valence-corrected chi connectivity index (χ2v) is 5.55. The lowest BCUT2D eigenvalue weighted by atomic mass is 10.2. The molecule has 0 heterocycles. The maximum atomic E-state index is 11.2. The largest absolute Gasteiger partial charge is 0.392 e. The van der Waals surface area contributed by atoms with Crippen LogP contribution in [0, 0.1) is 0 Å². The van der Waals surface area contributed by atoms with Crippen molar-refractivity contribution in [3.8, 4) is 0 Å². The summed E-state index contributed by atoms with van der Waals surface area (Å²) in [4.78, 5) is 12.3. The van der Waals surface area contributed by atoms with Crippen molar-refractivity contribution < 1.29 is 9.90 Å². The second kappa shape index (κ2) is 5.02. The van der Waals surface area contributed by atoms with Crippen molar-refractivity contribution in [1.29, 1.82) is 0 Å². The highest BCUT2D eigenvalue weighted by molar-refractivity contribution is 8.00. The van der Waals surface area contributed by atoms with Crippen LogP contribution in [0.1, 0.15) is 36.5 Å². The fraction of sp³-hybridized carbons (Fsp3) is 0.462. The maximum absolute atomic E-state index is 11.2. The molecule has 1 saturated carbocycles. The van der Waals surface area contributed by atoms with Gasteiger partial charge in [0.25, 0.3) is 0 Å². The molecule has 2 rings (SSSR count). The minimum Gasteiger partial charge on any atom is -0.392 e. The van der Waals surface area contributed by atoms with Gasteiger partial charge >= 0.3 is 0 Å². The number of carbonyl (C=O) groups is 1. The van der Waals surface area contributed by atoms with Gasteiger partial charge in [0.05, 0.1) is 6.10 Å². The summed E-state index contributed by atoms with van der Waals surface area (Å²) in [5, 5.41) is 10.0. The van der Waals surface area contributed by atoms with Crippen LogP contribution in [0.15, 0.2) is 29.2 Å². The minimum absolute atomic E-state index is 0.0921. The van der Waals surface area contributed by atoms with E-state index in [-0.39, 0.29) is 11.9 Å². The Bertz CT molecular complexity index is 389. The molecule has 0 spiro atoms. The minimum atomic E-state index is -0.189. The first-order valence-electron chi connectivity index (χ1n) is 5.62. The van der Waals surface area contributed by atoms with E-state index in [4.69, 9.17) is 0 Å². The van der Waals surface area contributed by atoms with E-state index in [0.717, 1.165) is 29.7 Å². The molecule has 0 bridgehead atoms. The van der Waals surface area contributed by atoms with Crippen LogP contribution in [-0.2, 0) is 0 Å². The third-order valence-corrected chi connectivity index (χ3v) is 4.32. The Hall–Kier alpha value is -0.800. The number of rotatable bonds is 3. The normalized spacial score (nSPS) is 24.6. The highest BCUT2D eigenvalue weighted by Crippen LogP contribution is 2.35. The molecule has 16 heavy (non-hydrogen) atoms. The topological polar surface area (TPSA) is 37.3 Å². The van der Waals surface area contributed by atoms with Crippen LogP contribution in [0.25, 0.3) is 0 Å². The number of thioether (sulfide) groups is 1. The fourth-order valence-corrected chi connectivity index (χ4v) is 3.29. The Morgan fingerprint density at radius 1 is 1.44 bits per heavy atom. The van der Waals surface area contributed by atoms with Gasteiger partial charge in [-0.15, -0.1) is 11.8 Å². The molecular weight excluding hydrogens is 220 g/mol. The average molecular weight is 236 g/mol. The molecule has 2 unspecified atom stereocenters. The molecule has 1 aromatic rings. The van der Waals surface area contributed by atoms with Crippen LogP contribution in [0.5, 0.6) is 0 Å². The zero-order valence-corrected chi connectivity index (χ0v) is 10.2. The number of Topliss-reactive ketones (excluding diaryl/α,β-unsaturated/α-hetero) is 1. The molecule has 1 N–H and O–H groups in total. The van der Waals surface area contributed by atoms with Gasteiger partial charge in [-0.05, 0) is 38.3 Å². The molecule has 86 valence electrons. The first kappa shape index (κ1) is 11.7. The molecular formula is C13H16O2S. The van der Waals surface area contributed by atoms with Gasteiger partial charge in [-0.3, -0.25) is 4.79 Å². The summed E-state index contributed by atoms with van der Waals surface area (Å²) < 4.78 is 0. The van der Waals surface area contributed by atoms with Crippen LogP contribution >= 0.6 is 11.8 Å². The lowest BCUT2D eigenvalue weighted by Crippen LogP contribution is -2.14. The van der Waals surface area contributed by atoms with Crippen molar-refractivity contribution in [2.45, 2.75) is 42.4 Å². The molecule has 0 amide bonds. The summed E-state index contributed by atoms with van der Waals surface area (Å²) in [6.07, 6.45) is 2.89. The monoisotopic (exact) mass is 236 g/mol. The fourth-order valence-electron chi connectivity index (χ4n) is 2.01. The van der Waals surface area contributed by atoms with Gasteiger partial charge < -0.3 is 5.11 Å². The van der Waals surface area contributed by atoms with Crippen molar-refractivity contribution in [1.82, 2.24) is 0 Å². The molecule has 0 saturated heterocycles. The Morgan fingerprint density at radius 2 is 2.25 bits per heavy atom. The first-order chi connectivity index (χ1) is 7.66. The quantitative estimate of drug-likeness (QED) is 0.820. The number of hydrogen-bond acceptors (Lipinski definition) is 3. The summed E-state index contributed by atoms with van der Waals surface area (Å²) >= 11 is 1.69. The molecule has 2 atom stereocenters. The number of ketones is 1. The van der Waals surface area contributed by atoms with Crippen molar-refractivity contribution in [2.24, 2.45) is 0 Å². The second-order valence-electron chi connectivity index (χ2n) is 4.24. The van der Waals surface area contributed by atoms with Crippen LogP contribution in [0.3, 0.4) is 0 Å². The maximum Gasteiger partial charge on any atom is 0.159 e. The Morgan fingerprint density at radius 3 is 2.88 bits per heavy atom. The van der Waals surface area contributed by atoms with Gasteiger partial charge in [0.2, 0.25) is 0 Å². The molecule has 0 radical (unpaired) electrons. The molecule has 2 nitrogen and oxygen atoms in total. The summed E-state index contributed by atoms with van der Waals surface area (Å²) in [5.74, 6) is 0.0921. The molecule has 3 heteroatoms. The van der Waals surface area contributed by atoms with E-state index < -0.39 is 0 Å². The van der Waals surface area contributed by atoms with E-state index in [1.54, 1.807) is 18.7 Å². The third kappa shape index (κ3) is 2.66. The predicted molar refractivity (Wildman–Crippen MR) is 65.9 cm³/mol. The van der Waals surface area contributed by atoms with Gasteiger partial charge in [0.15, 0.2) is 5.78 Å². The lowest BCUT2D eigenvalue weighted by molar-refractivity contribution is 0.101. The summed E-state index contributed by atoms with van der Waals surface area (Å²) in [6, 6.07) is 7.65. The van der Waals surface area contributed by atoms with Gasteiger partial charge in [-0.25, -0.2) is 0 Å². The smallest absolute Gasteiger partial charge is 0.159 e. The number of carbonyl (C=O) groups excluding carboxylic acids is 1. The van der Waals surface area contributed by atoms with Gasteiger partial charge in [0.1, 0.15) is 0 Å². The zero-order valence-electron chi connectivity index (χ0n) is 9.35. The number of aliphatic hydroxyl groups excluding tert-OH is 1. The van der Waals surface area contributed by atoms with Crippen molar-refractivity contribution in [3.63, 3.8) is 0 Å². The SMILES string of the molecule is CC(=O)c1cccc(SC2CCCC2O)c1. The van der Waals surface area contributed by atoms with Crippen molar-refractivity contribution in [3.05, 3.63) is 29.8 Å². The van der Waals surface area contributed by atoms with E-state index in [1.807, 2.05) is 24.3 Å². The Labute approximate surface area is 100 Å². The van der Waals surface area contributed by atoms with Crippen LogP contribution in [0.2, 0.25) is 0 Å². The highest BCUT2D eigenvalue weighted by Gasteiger charge is 2.25. The number of benzene rings is 1. The Balaban J connectivity index is 2.09. The van der Waals surface area contributed by atoms with Gasteiger partial charge in [-0.2, -0.15) is 0 Å². The lowest BCUT2D eigenvalue weighted by Gasteiger charge is -2.13. The van der Waals surface area contributed by atoms with Crippen molar-refractivity contribution >= 4 is 17.5 Å².